The Bertz CT molecular complexity index is 590. The van der Waals surface area contributed by atoms with Crippen molar-refractivity contribution in [1.82, 2.24) is 10.3 Å². The van der Waals surface area contributed by atoms with Gasteiger partial charge in [0.25, 0.3) is 0 Å². The molecule has 1 atom stereocenters. The Hall–Kier alpha value is -1.74. The summed E-state index contributed by atoms with van der Waals surface area (Å²) >= 11 is 0. The first kappa shape index (κ1) is 15.6. The van der Waals surface area contributed by atoms with Crippen LogP contribution in [0, 0.1) is 12.7 Å². The van der Waals surface area contributed by atoms with Crippen LogP contribution in [0.1, 0.15) is 43.5 Å². The van der Waals surface area contributed by atoms with Crippen molar-refractivity contribution in [2.24, 2.45) is 0 Å². The lowest BCUT2D eigenvalue weighted by atomic mass is 9.74. The van der Waals surface area contributed by atoms with Gasteiger partial charge in [0.15, 0.2) is 0 Å². The zero-order valence-corrected chi connectivity index (χ0v) is 13.2. The average molecular weight is 286 g/mol. The minimum absolute atomic E-state index is 0.127. The lowest BCUT2D eigenvalue weighted by Crippen LogP contribution is -2.38. The molecule has 112 valence electrons. The molecule has 0 bridgehead atoms. The van der Waals surface area contributed by atoms with E-state index in [0.29, 0.717) is 0 Å². The Balaban J connectivity index is 2.45. The largest absolute Gasteiger partial charge is 0.309 e. The summed E-state index contributed by atoms with van der Waals surface area (Å²) in [5, 5.41) is 3.56. The highest BCUT2D eigenvalue weighted by Gasteiger charge is 2.33. The number of halogens is 1. The highest BCUT2D eigenvalue weighted by molar-refractivity contribution is 5.34. The van der Waals surface area contributed by atoms with E-state index in [1.165, 1.54) is 23.3 Å². The number of nitrogens with one attached hydrogen (secondary N) is 1. The number of aromatic nitrogens is 1. The summed E-state index contributed by atoms with van der Waals surface area (Å²) in [5.74, 6) is -0.202. The number of nitrogens with zero attached hydrogens (tertiary/aromatic N) is 1. The number of benzene rings is 1. The zero-order chi connectivity index (χ0) is 15.5. The predicted octanol–water partition coefficient (Wildman–Crippen LogP) is 4.16. The molecule has 1 aromatic carbocycles. The number of rotatable bonds is 5. The third kappa shape index (κ3) is 3.30. The Kier molecular flexibility index (Phi) is 4.73. The van der Waals surface area contributed by atoms with E-state index < -0.39 is 0 Å². The van der Waals surface area contributed by atoms with Crippen molar-refractivity contribution in [3.63, 3.8) is 0 Å². The van der Waals surface area contributed by atoms with E-state index in [4.69, 9.17) is 0 Å². The fourth-order valence-corrected chi connectivity index (χ4v) is 2.78. The molecule has 0 fully saturated rings. The fraction of sp³-hybridized carbons (Fsp3) is 0.389. The maximum atomic E-state index is 13.2. The molecule has 1 unspecified atom stereocenters. The van der Waals surface area contributed by atoms with Crippen molar-refractivity contribution in [2.75, 3.05) is 6.54 Å². The number of pyridine rings is 1. The highest BCUT2D eigenvalue weighted by atomic mass is 19.1. The van der Waals surface area contributed by atoms with Gasteiger partial charge in [-0.25, -0.2) is 4.39 Å². The molecule has 0 aliphatic carbocycles. The quantitative estimate of drug-likeness (QED) is 0.893. The van der Waals surface area contributed by atoms with Crippen LogP contribution in [0.4, 0.5) is 4.39 Å². The van der Waals surface area contributed by atoms with Crippen molar-refractivity contribution >= 4 is 0 Å². The fourth-order valence-electron chi connectivity index (χ4n) is 2.78. The second-order valence-corrected chi connectivity index (χ2v) is 5.95. The number of hydrogen-bond donors (Lipinski definition) is 1. The summed E-state index contributed by atoms with van der Waals surface area (Å²) < 4.78 is 13.2. The molecule has 0 radical (unpaired) electrons. The molecule has 21 heavy (non-hydrogen) atoms. The van der Waals surface area contributed by atoms with Crippen LogP contribution in [0.3, 0.4) is 0 Å². The van der Waals surface area contributed by atoms with E-state index in [0.717, 1.165) is 12.1 Å². The van der Waals surface area contributed by atoms with Gasteiger partial charge in [0, 0.05) is 23.9 Å². The van der Waals surface area contributed by atoms with Gasteiger partial charge in [-0.05, 0) is 48.4 Å². The van der Waals surface area contributed by atoms with Crippen LogP contribution < -0.4 is 5.32 Å². The van der Waals surface area contributed by atoms with Gasteiger partial charge in [0.2, 0.25) is 0 Å². The molecule has 2 nitrogen and oxygen atoms in total. The number of hydrogen-bond acceptors (Lipinski definition) is 2. The lowest BCUT2D eigenvalue weighted by Gasteiger charge is -2.36. The van der Waals surface area contributed by atoms with Crippen molar-refractivity contribution < 1.29 is 4.39 Å². The third-order valence-electron chi connectivity index (χ3n) is 4.11. The minimum Gasteiger partial charge on any atom is -0.309 e. The molecule has 0 saturated heterocycles. The SMILES string of the molecule is CCNC(c1cnccc1C)C(C)(C)c1ccc(F)cc1. The first-order valence-electron chi connectivity index (χ1n) is 7.36. The average Bonchev–Trinajstić information content (AvgIpc) is 2.46. The molecular formula is C18H23FN2. The van der Waals surface area contributed by atoms with Gasteiger partial charge in [0.05, 0.1) is 0 Å². The van der Waals surface area contributed by atoms with Gasteiger partial charge < -0.3 is 5.32 Å². The minimum atomic E-state index is -0.202. The first-order chi connectivity index (χ1) is 9.96. The van der Waals surface area contributed by atoms with E-state index in [-0.39, 0.29) is 17.3 Å². The van der Waals surface area contributed by atoms with Crippen molar-refractivity contribution in [1.29, 1.82) is 0 Å². The van der Waals surface area contributed by atoms with Crippen molar-refractivity contribution in [2.45, 2.75) is 39.2 Å². The molecule has 0 aliphatic rings. The summed E-state index contributed by atoms with van der Waals surface area (Å²) in [7, 11) is 0. The monoisotopic (exact) mass is 286 g/mol. The number of aryl methyl sites for hydroxylation is 1. The zero-order valence-electron chi connectivity index (χ0n) is 13.2. The summed E-state index contributed by atoms with van der Waals surface area (Å²) in [6.45, 7) is 9.42. The molecule has 1 N–H and O–H groups in total. The van der Waals surface area contributed by atoms with Gasteiger partial charge >= 0.3 is 0 Å². The summed E-state index contributed by atoms with van der Waals surface area (Å²) in [6.07, 6.45) is 3.74. The molecule has 0 amide bonds. The van der Waals surface area contributed by atoms with Crippen LogP contribution in [0.5, 0.6) is 0 Å². The summed E-state index contributed by atoms with van der Waals surface area (Å²) in [4.78, 5) is 4.27. The molecular weight excluding hydrogens is 263 g/mol. The van der Waals surface area contributed by atoms with Crippen LogP contribution in [-0.4, -0.2) is 11.5 Å². The van der Waals surface area contributed by atoms with Crippen LogP contribution in [0.2, 0.25) is 0 Å². The topological polar surface area (TPSA) is 24.9 Å². The van der Waals surface area contributed by atoms with E-state index in [1.54, 1.807) is 0 Å². The third-order valence-corrected chi connectivity index (χ3v) is 4.11. The molecule has 0 spiro atoms. The molecule has 0 aliphatic heterocycles. The number of likely N-dealkylation sites (N-methyl/N-ethyl adjacent to an activating group) is 1. The summed E-state index contributed by atoms with van der Waals surface area (Å²) in [5.41, 5.74) is 3.34. The smallest absolute Gasteiger partial charge is 0.123 e. The molecule has 0 saturated carbocycles. The lowest BCUT2D eigenvalue weighted by molar-refractivity contribution is 0.351. The van der Waals surface area contributed by atoms with E-state index in [9.17, 15) is 4.39 Å². The molecule has 2 rings (SSSR count). The van der Waals surface area contributed by atoms with Gasteiger partial charge in [0.1, 0.15) is 5.82 Å². The Morgan fingerprint density at radius 2 is 1.86 bits per heavy atom. The standard InChI is InChI=1S/C18H23FN2/c1-5-21-17(16-12-20-11-10-13(16)2)18(3,4)14-6-8-15(19)9-7-14/h6-12,17,21H,5H2,1-4H3. The summed E-state index contributed by atoms with van der Waals surface area (Å²) in [6, 6.07) is 8.94. The van der Waals surface area contributed by atoms with Crippen LogP contribution >= 0.6 is 0 Å². The first-order valence-corrected chi connectivity index (χ1v) is 7.36. The second-order valence-electron chi connectivity index (χ2n) is 5.95. The van der Waals surface area contributed by atoms with E-state index >= 15 is 0 Å². The molecule has 1 aromatic heterocycles. The van der Waals surface area contributed by atoms with Crippen molar-refractivity contribution in [3.8, 4) is 0 Å². The normalized spacial score (nSPS) is 13.2. The Labute approximate surface area is 126 Å². The highest BCUT2D eigenvalue weighted by Crippen LogP contribution is 2.37. The van der Waals surface area contributed by atoms with Gasteiger partial charge in [-0.3, -0.25) is 4.98 Å². The molecule has 2 aromatic rings. The van der Waals surface area contributed by atoms with E-state index in [1.807, 2.05) is 30.6 Å². The Morgan fingerprint density at radius 3 is 2.43 bits per heavy atom. The second kappa shape index (κ2) is 6.35. The predicted molar refractivity (Wildman–Crippen MR) is 84.8 cm³/mol. The van der Waals surface area contributed by atoms with Gasteiger partial charge in [-0.2, -0.15) is 0 Å². The van der Waals surface area contributed by atoms with Gasteiger partial charge in [-0.15, -0.1) is 0 Å². The van der Waals surface area contributed by atoms with Gasteiger partial charge in [-0.1, -0.05) is 32.9 Å². The molecule has 3 heteroatoms. The Morgan fingerprint density at radius 1 is 1.19 bits per heavy atom. The van der Waals surface area contributed by atoms with Crippen LogP contribution in [0.15, 0.2) is 42.7 Å². The van der Waals surface area contributed by atoms with E-state index in [2.05, 4.69) is 38.0 Å². The maximum absolute atomic E-state index is 13.2. The van der Waals surface area contributed by atoms with Crippen LogP contribution in [0.25, 0.3) is 0 Å². The molecule has 1 heterocycles. The van der Waals surface area contributed by atoms with Crippen molar-refractivity contribution in [3.05, 3.63) is 65.2 Å². The van der Waals surface area contributed by atoms with Crippen LogP contribution in [-0.2, 0) is 5.41 Å². The maximum Gasteiger partial charge on any atom is 0.123 e.